The molecule has 13 heteroatoms. The van der Waals surface area contributed by atoms with Gasteiger partial charge in [0, 0.05) is 30.1 Å². The Morgan fingerprint density at radius 3 is 2.54 bits per heavy atom. The Bertz CT molecular complexity index is 1700. The van der Waals surface area contributed by atoms with Gasteiger partial charge in [0.2, 0.25) is 0 Å². The Balaban J connectivity index is 1.46. The van der Waals surface area contributed by atoms with Crippen molar-refractivity contribution in [2.75, 3.05) is 0 Å². The molecule has 0 aliphatic heterocycles. The van der Waals surface area contributed by atoms with Crippen molar-refractivity contribution in [3.8, 4) is 22.8 Å². The summed E-state index contributed by atoms with van der Waals surface area (Å²) in [5, 5.41) is 10.1. The fraction of sp³-hybridized carbons (Fsp3) is 0.321. The molecule has 0 amide bonds. The molecule has 41 heavy (non-hydrogen) atoms. The average Bonchev–Trinajstić information content (AvgIpc) is 2.89. The summed E-state index contributed by atoms with van der Waals surface area (Å²) < 4.78 is 60.5. The van der Waals surface area contributed by atoms with Crippen molar-refractivity contribution < 1.29 is 27.4 Å². The van der Waals surface area contributed by atoms with Gasteiger partial charge in [-0.3, -0.25) is 19.3 Å². The van der Waals surface area contributed by atoms with Crippen LogP contribution in [0.4, 0.5) is 17.6 Å². The van der Waals surface area contributed by atoms with Crippen LogP contribution < -0.4 is 10.3 Å². The lowest BCUT2D eigenvalue weighted by Crippen LogP contribution is -2.39. The van der Waals surface area contributed by atoms with Crippen LogP contribution in [0.2, 0.25) is 0 Å². The standard InChI is InChI=1S/C28H24BrF4N5O3/c1-14-11-35-20(19-4-5-34-25(37-19)16-9-27(3,40)10-16)8-22(14)38-15(2)6-23(24(29)26(38)39)41-13-21-18(28(31,32)33)7-17(30)12-36-21/h4-8,11-12,16,40H,9-10,13H2,1-3H3. The Morgan fingerprint density at radius 1 is 1.12 bits per heavy atom. The van der Waals surface area contributed by atoms with Crippen molar-refractivity contribution >= 4 is 15.9 Å². The molecular weight excluding hydrogens is 610 g/mol. The van der Waals surface area contributed by atoms with Crippen molar-refractivity contribution in [2.24, 2.45) is 0 Å². The van der Waals surface area contributed by atoms with Gasteiger partial charge >= 0.3 is 6.18 Å². The van der Waals surface area contributed by atoms with Crippen LogP contribution in [0.15, 0.2) is 52.1 Å². The summed E-state index contributed by atoms with van der Waals surface area (Å²) in [6.07, 6.45) is 0.217. The predicted molar refractivity (Wildman–Crippen MR) is 144 cm³/mol. The number of aromatic nitrogens is 5. The minimum absolute atomic E-state index is 0.00626. The smallest absolute Gasteiger partial charge is 0.418 e. The number of rotatable bonds is 6. The lowest BCUT2D eigenvalue weighted by atomic mass is 9.72. The van der Waals surface area contributed by atoms with Gasteiger partial charge in [0.1, 0.15) is 28.5 Å². The van der Waals surface area contributed by atoms with E-state index in [0.717, 1.165) is 0 Å². The van der Waals surface area contributed by atoms with Gasteiger partial charge in [-0.05, 0) is 73.3 Å². The topological polar surface area (TPSA) is 103 Å². The maximum Gasteiger partial charge on any atom is 0.418 e. The van der Waals surface area contributed by atoms with Crippen molar-refractivity contribution in [1.82, 2.24) is 24.5 Å². The van der Waals surface area contributed by atoms with Gasteiger partial charge in [-0.25, -0.2) is 14.4 Å². The number of pyridine rings is 3. The van der Waals surface area contributed by atoms with Crippen LogP contribution in [0.1, 0.15) is 54.0 Å². The van der Waals surface area contributed by atoms with E-state index >= 15 is 0 Å². The first kappa shape index (κ1) is 28.8. The number of nitrogens with zero attached hydrogens (tertiary/aromatic N) is 5. The van der Waals surface area contributed by atoms with E-state index in [0.29, 0.717) is 59.3 Å². The third-order valence-corrected chi connectivity index (χ3v) is 7.63. The highest BCUT2D eigenvalue weighted by atomic mass is 79.9. The highest BCUT2D eigenvalue weighted by Gasteiger charge is 2.40. The summed E-state index contributed by atoms with van der Waals surface area (Å²) in [5.74, 6) is -0.464. The lowest BCUT2D eigenvalue weighted by molar-refractivity contribution is -0.139. The number of halogens is 5. The van der Waals surface area contributed by atoms with Crippen LogP contribution in [0.25, 0.3) is 17.1 Å². The SMILES string of the molecule is Cc1cnc(-c2ccnc(C3CC(C)(O)C3)n2)cc1-n1c(C)cc(OCc2ncc(F)cc2C(F)(F)F)c(Br)c1=O. The van der Waals surface area contributed by atoms with E-state index in [-0.39, 0.29) is 16.1 Å². The second-order valence-corrected chi connectivity index (χ2v) is 11.1. The molecule has 0 unspecified atom stereocenters. The Labute approximate surface area is 240 Å². The number of aryl methyl sites for hydroxylation is 2. The Hall–Kier alpha value is -3.71. The summed E-state index contributed by atoms with van der Waals surface area (Å²) in [7, 11) is 0. The Morgan fingerprint density at radius 2 is 1.85 bits per heavy atom. The molecule has 1 fully saturated rings. The monoisotopic (exact) mass is 633 g/mol. The Kier molecular flexibility index (Phi) is 7.45. The molecule has 4 aromatic heterocycles. The van der Waals surface area contributed by atoms with Crippen molar-refractivity contribution in [3.05, 3.63) is 91.8 Å². The van der Waals surface area contributed by atoms with Gasteiger partial charge in [-0.15, -0.1) is 0 Å². The number of ether oxygens (including phenoxy) is 1. The molecule has 0 spiro atoms. The molecule has 214 valence electrons. The zero-order valence-electron chi connectivity index (χ0n) is 22.1. The number of hydrogen-bond acceptors (Lipinski definition) is 7. The minimum atomic E-state index is -4.83. The van der Waals surface area contributed by atoms with E-state index in [9.17, 15) is 27.5 Å². The molecule has 8 nitrogen and oxygen atoms in total. The number of aliphatic hydroxyl groups is 1. The summed E-state index contributed by atoms with van der Waals surface area (Å²) in [4.78, 5) is 30.5. The van der Waals surface area contributed by atoms with E-state index in [4.69, 9.17) is 4.74 Å². The molecule has 0 saturated heterocycles. The molecule has 4 aromatic rings. The molecule has 4 heterocycles. The lowest BCUT2D eigenvalue weighted by Gasteiger charge is -2.39. The van der Waals surface area contributed by atoms with Gasteiger partial charge in [0.15, 0.2) is 0 Å². The first-order valence-corrected chi connectivity index (χ1v) is 13.3. The maximum atomic E-state index is 13.5. The minimum Gasteiger partial charge on any atom is -0.486 e. The molecule has 1 aliphatic carbocycles. The predicted octanol–water partition coefficient (Wildman–Crippen LogP) is 5.83. The molecule has 5 rings (SSSR count). The fourth-order valence-electron chi connectivity index (χ4n) is 4.85. The van der Waals surface area contributed by atoms with E-state index in [1.165, 1.54) is 10.6 Å². The molecule has 0 radical (unpaired) electrons. The van der Waals surface area contributed by atoms with E-state index in [2.05, 4.69) is 35.9 Å². The van der Waals surface area contributed by atoms with Crippen LogP contribution in [0.3, 0.4) is 0 Å². The van der Waals surface area contributed by atoms with Crippen molar-refractivity contribution in [3.63, 3.8) is 0 Å². The number of alkyl halides is 3. The second kappa shape index (κ2) is 10.6. The van der Waals surface area contributed by atoms with E-state index < -0.39 is 41.0 Å². The van der Waals surface area contributed by atoms with E-state index in [1.54, 1.807) is 45.3 Å². The molecule has 1 aliphatic rings. The molecule has 0 bridgehead atoms. The third kappa shape index (κ3) is 5.87. The summed E-state index contributed by atoms with van der Waals surface area (Å²) in [5.41, 5.74) is -0.293. The van der Waals surface area contributed by atoms with Gasteiger partial charge < -0.3 is 9.84 Å². The zero-order valence-corrected chi connectivity index (χ0v) is 23.7. The van der Waals surface area contributed by atoms with Crippen LogP contribution in [-0.2, 0) is 12.8 Å². The average molecular weight is 634 g/mol. The fourth-order valence-corrected chi connectivity index (χ4v) is 5.26. The largest absolute Gasteiger partial charge is 0.486 e. The highest BCUT2D eigenvalue weighted by Crippen LogP contribution is 2.43. The quantitative estimate of drug-likeness (QED) is 0.267. The van der Waals surface area contributed by atoms with Crippen LogP contribution in [-0.4, -0.2) is 35.2 Å². The summed E-state index contributed by atoms with van der Waals surface area (Å²) >= 11 is 3.23. The van der Waals surface area contributed by atoms with Crippen molar-refractivity contribution in [2.45, 2.75) is 57.9 Å². The van der Waals surface area contributed by atoms with Crippen molar-refractivity contribution in [1.29, 1.82) is 0 Å². The van der Waals surface area contributed by atoms with Gasteiger partial charge in [-0.2, -0.15) is 13.2 Å². The zero-order chi connectivity index (χ0) is 29.7. The van der Waals surface area contributed by atoms with Gasteiger partial charge in [0.05, 0.1) is 40.1 Å². The first-order chi connectivity index (χ1) is 19.2. The molecule has 0 aromatic carbocycles. The number of hydrogen-bond donors (Lipinski definition) is 1. The first-order valence-electron chi connectivity index (χ1n) is 12.5. The third-order valence-electron chi connectivity index (χ3n) is 6.90. The maximum absolute atomic E-state index is 13.5. The molecule has 1 saturated carbocycles. The van der Waals surface area contributed by atoms with Gasteiger partial charge in [0.25, 0.3) is 5.56 Å². The normalized spacial score (nSPS) is 18.7. The van der Waals surface area contributed by atoms with Crippen LogP contribution >= 0.6 is 15.9 Å². The van der Waals surface area contributed by atoms with Crippen LogP contribution in [0, 0.1) is 19.7 Å². The summed E-state index contributed by atoms with van der Waals surface area (Å²) in [6, 6.07) is 5.29. The summed E-state index contributed by atoms with van der Waals surface area (Å²) in [6.45, 7) is 4.58. The molecule has 1 N–H and O–H groups in total. The molecule has 0 atom stereocenters. The highest BCUT2D eigenvalue weighted by molar-refractivity contribution is 9.10. The van der Waals surface area contributed by atoms with E-state index in [1.807, 2.05) is 0 Å². The van der Waals surface area contributed by atoms with Crippen LogP contribution in [0.5, 0.6) is 5.75 Å². The molecular formula is C28H24BrF4N5O3. The van der Waals surface area contributed by atoms with Gasteiger partial charge in [-0.1, -0.05) is 0 Å². The second-order valence-electron chi connectivity index (χ2n) is 10.3.